The van der Waals surface area contributed by atoms with Gasteiger partial charge in [0.2, 0.25) is 0 Å². The third-order valence-corrected chi connectivity index (χ3v) is 2.64. The molecule has 1 atom stereocenters. The fraction of sp³-hybridized carbons (Fsp3) is 0.333. The normalized spacial score (nSPS) is 16.8. The van der Waals surface area contributed by atoms with E-state index in [-0.39, 0.29) is 17.5 Å². The van der Waals surface area contributed by atoms with Crippen LogP contribution in [0.5, 0.6) is 0 Å². The Morgan fingerprint density at radius 1 is 1.40 bits per heavy atom. The van der Waals surface area contributed by atoms with Gasteiger partial charge in [0.05, 0.1) is 6.07 Å². The monoisotopic (exact) mass is 203 g/mol. The van der Waals surface area contributed by atoms with Gasteiger partial charge in [-0.3, -0.25) is 4.79 Å². The molecule has 0 aromatic heterocycles. The molecule has 0 radical (unpaired) electrons. The summed E-state index contributed by atoms with van der Waals surface area (Å²) in [7, 11) is 0. The third kappa shape index (κ3) is 2.04. The SMILES string of the molecule is N#CC(C(=O)c1ccc(F)cc1)C1CC1. The van der Waals surface area contributed by atoms with E-state index < -0.39 is 5.92 Å². The number of carbonyl (C=O) groups is 1. The van der Waals surface area contributed by atoms with Crippen molar-refractivity contribution in [2.24, 2.45) is 11.8 Å². The van der Waals surface area contributed by atoms with Crippen LogP contribution in [0, 0.1) is 29.0 Å². The van der Waals surface area contributed by atoms with Gasteiger partial charge in [0.15, 0.2) is 5.78 Å². The molecule has 0 spiro atoms. The number of halogens is 1. The molecule has 0 N–H and O–H groups in total. The second kappa shape index (κ2) is 3.82. The molecule has 0 bridgehead atoms. The average Bonchev–Trinajstić information content (AvgIpc) is 3.04. The second-order valence-corrected chi connectivity index (χ2v) is 3.82. The highest BCUT2D eigenvalue weighted by atomic mass is 19.1. The maximum absolute atomic E-state index is 12.6. The number of ketones is 1. The summed E-state index contributed by atoms with van der Waals surface area (Å²) in [6.45, 7) is 0. The molecule has 1 aromatic carbocycles. The zero-order valence-corrected chi connectivity index (χ0v) is 8.11. The molecule has 0 amide bonds. The molecule has 1 saturated carbocycles. The average molecular weight is 203 g/mol. The lowest BCUT2D eigenvalue weighted by atomic mass is 9.95. The van der Waals surface area contributed by atoms with E-state index in [9.17, 15) is 9.18 Å². The maximum atomic E-state index is 12.6. The minimum atomic E-state index is -0.546. The first kappa shape index (κ1) is 9.85. The molecule has 0 saturated heterocycles. The lowest BCUT2D eigenvalue weighted by Crippen LogP contribution is -2.14. The summed E-state index contributed by atoms with van der Waals surface area (Å²) in [4.78, 5) is 11.8. The van der Waals surface area contributed by atoms with E-state index in [4.69, 9.17) is 5.26 Å². The van der Waals surface area contributed by atoms with Crippen LogP contribution in [-0.2, 0) is 0 Å². The highest BCUT2D eigenvalue weighted by Gasteiger charge is 2.36. The molecule has 1 unspecified atom stereocenters. The van der Waals surface area contributed by atoms with Crippen LogP contribution in [0.2, 0.25) is 0 Å². The molecule has 1 aliphatic carbocycles. The first-order valence-corrected chi connectivity index (χ1v) is 4.92. The van der Waals surface area contributed by atoms with Crippen LogP contribution in [-0.4, -0.2) is 5.78 Å². The Bertz CT molecular complexity index is 414. The number of hydrogen-bond donors (Lipinski definition) is 0. The summed E-state index contributed by atoms with van der Waals surface area (Å²) in [5, 5.41) is 8.88. The lowest BCUT2D eigenvalue weighted by molar-refractivity contribution is 0.0937. The number of rotatable bonds is 3. The summed E-state index contributed by atoms with van der Waals surface area (Å²) in [5.41, 5.74) is 0.426. The van der Waals surface area contributed by atoms with Gasteiger partial charge in [0.25, 0.3) is 0 Å². The fourth-order valence-electron chi connectivity index (χ4n) is 1.60. The summed E-state index contributed by atoms with van der Waals surface area (Å²) < 4.78 is 12.6. The van der Waals surface area contributed by atoms with Gasteiger partial charge in [-0.2, -0.15) is 5.26 Å². The van der Waals surface area contributed by atoms with Crippen LogP contribution < -0.4 is 0 Å². The molecule has 0 aliphatic heterocycles. The predicted octanol–water partition coefficient (Wildman–Crippen LogP) is 2.56. The van der Waals surface area contributed by atoms with Gasteiger partial charge in [0, 0.05) is 5.56 Å². The molecule has 15 heavy (non-hydrogen) atoms. The molecular formula is C12H10FNO. The number of nitrogens with zero attached hydrogens (tertiary/aromatic N) is 1. The van der Waals surface area contributed by atoms with Crippen LogP contribution in [0.25, 0.3) is 0 Å². The lowest BCUT2D eigenvalue weighted by Gasteiger charge is -2.05. The Hall–Kier alpha value is -1.69. The molecule has 1 aliphatic rings. The quantitative estimate of drug-likeness (QED) is 0.708. The Labute approximate surface area is 87.3 Å². The number of benzene rings is 1. The van der Waals surface area contributed by atoms with Gasteiger partial charge in [0.1, 0.15) is 11.7 Å². The molecule has 76 valence electrons. The van der Waals surface area contributed by atoms with Gasteiger partial charge in [-0.05, 0) is 43.0 Å². The Morgan fingerprint density at radius 3 is 2.47 bits per heavy atom. The molecule has 2 rings (SSSR count). The van der Waals surface area contributed by atoms with E-state index in [0.29, 0.717) is 5.56 Å². The van der Waals surface area contributed by atoms with E-state index in [1.165, 1.54) is 24.3 Å². The van der Waals surface area contributed by atoms with Crippen molar-refractivity contribution < 1.29 is 9.18 Å². The Kier molecular flexibility index (Phi) is 2.51. The number of nitriles is 1. The smallest absolute Gasteiger partial charge is 0.180 e. The van der Waals surface area contributed by atoms with E-state index in [1.54, 1.807) is 0 Å². The largest absolute Gasteiger partial charge is 0.293 e. The summed E-state index contributed by atoms with van der Waals surface area (Å²) in [6, 6.07) is 7.39. The molecule has 3 heteroatoms. The molecule has 1 fully saturated rings. The van der Waals surface area contributed by atoms with Crippen LogP contribution in [0.4, 0.5) is 4.39 Å². The van der Waals surface area contributed by atoms with E-state index in [2.05, 4.69) is 0 Å². The molecule has 0 heterocycles. The number of Topliss-reactive ketones (excluding diaryl/α,β-unsaturated/α-hetero) is 1. The minimum absolute atomic E-state index is 0.181. The van der Waals surface area contributed by atoms with Gasteiger partial charge in [-0.1, -0.05) is 0 Å². The number of hydrogen-bond acceptors (Lipinski definition) is 2. The highest BCUT2D eigenvalue weighted by Crippen LogP contribution is 2.38. The van der Waals surface area contributed by atoms with Gasteiger partial charge in [-0.15, -0.1) is 0 Å². The van der Waals surface area contributed by atoms with Crippen molar-refractivity contribution in [3.8, 4) is 6.07 Å². The van der Waals surface area contributed by atoms with Crippen LogP contribution in [0.1, 0.15) is 23.2 Å². The third-order valence-electron chi connectivity index (χ3n) is 2.64. The van der Waals surface area contributed by atoms with Crippen LogP contribution >= 0.6 is 0 Å². The fourth-order valence-corrected chi connectivity index (χ4v) is 1.60. The van der Waals surface area contributed by atoms with Crippen LogP contribution in [0.15, 0.2) is 24.3 Å². The molecule has 2 nitrogen and oxygen atoms in total. The zero-order chi connectivity index (χ0) is 10.8. The van der Waals surface area contributed by atoms with E-state index in [1.807, 2.05) is 6.07 Å². The summed E-state index contributed by atoms with van der Waals surface area (Å²) >= 11 is 0. The minimum Gasteiger partial charge on any atom is -0.293 e. The molecular weight excluding hydrogens is 193 g/mol. The van der Waals surface area contributed by atoms with Crippen molar-refractivity contribution in [3.05, 3.63) is 35.6 Å². The molecule has 1 aromatic rings. The Morgan fingerprint density at radius 2 is 2.00 bits per heavy atom. The predicted molar refractivity (Wildman–Crippen MR) is 52.6 cm³/mol. The van der Waals surface area contributed by atoms with Crippen molar-refractivity contribution in [1.29, 1.82) is 5.26 Å². The zero-order valence-electron chi connectivity index (χ0n) is 8.11. The van der Waals surface area contributed by atoms with Gasteiger partial charge < -0.3 is 0 Å². The van der Waals surface area contributed by atoms with E-state index >= 15 is 0 Å². The summed E-state index contributed by atoms with van der Waals surface area (Å²) in [6.07, 6.45) is 1.90. The van der Waals surface area contributed by atoms with E-state index in [0.717, 1.165) is 12.8 Å². The highest BCUT2D eigenvalue weighted by molar-refractivity contribution is 5.99. The van der Waals surface area contributed by atoms with Crippen LogP contribution in [0.3, 0.4) is 0 Å². The topological polar surface area (TPSA) is 40.9 Å². The number of carbonyl (C=O) groups excluding carboxylic acids is 1. The van der Waals surface area contributed by atoms with Crippen molar-refractivity contribution in [1.82, 2.24) is 0 Å². The van der Waals surface area contributed by atoms with Crippen molar-refractivity contribution in [3.63, 3.8) is 0 Å². The standard InChI is InChI=1S/C12H10FNO/c13-10-5-3-9(4-6-10)12(15)11(7-14)8-1-2-8/h3-6,8,11H,1-2H2. The van der Waals surface area contributed by atoms with Crippen molar-refractivity contribution >= 4 is 5.78 Å². The Balaban J connectivity index is 2.19. The first-order valence-electron chi connectivity index (χ1n) is 4.92. The van der Waals surface area contributed by atoms with Crippen molar-refractivity contribution in [2.75, 3.05) is 0 Å². The second-order valence-electron chi connectivity index (χ2n) is 3.82. The van der Waals surface area contributed by atoms with Gasteiger partial charge in [-0.25, -0.2) is 4.39 Å². The maximum Gasteiger partial charge on any atom is 0.180 e. The van der Waals surface area contributed by atoms with Crippen molar-refractivity contribution in [2.45, 2.75) is 12.8 Å². The summed E-state index contributed by atoms with van der Waals surface area (Å²) in [5.74, 6) is -0.880. The first-order chi connectivity index (χ1) is 7.22. The van der Waals surface area contributed by atoms with Gasteiger partial charge >= 0.3 is 0 Å².